The minimum absolute atomic E-state index is 0.251. The highest BCUT2D eigenvalue weighted by Crippen LogP contribution is 2.29. The molecule has 2 aliphatic heterocycles. The molecule has 92 valence electrons. The first-order valence-corrected chi connectivity index (χ1v) is 6.75. The summed E-state index contributed by atoms with van der Waals surface area (Å²) in [6.45, 7) is 5.37. The molecule has 0 spiro atoms. The lowest BCUT2D eigenvalue weighted by atomic mass is 10.0. The van der Waals surface area contributed by atoms with Crippen LogP contribution in [0, 0.1) is 22.0 Å². The SMILES string of the molecule is O=[N+]([O-])c1cc(CN2CC3CNCC3C2)cs1. The van der Waals surface area contributed by atoms with Crippen molar-refractivity contribution in [1.82, 2.24) is 10.2 Å². The number of nitrogens with one attached hydrogen (secondary N) is 1. The molecule has 1 aromatic rings. The highest BCUT2D eigenvalue weighted by atomic mass is 32.1. The molecule has 0 aromatic carbocycles. The van der Waals surface area contributed by atoms with E-state index in [-0.39, 0.29) is 9.92 Å². The number of hydrogen-bond donors (Lipinski definition) is 1. The summed E-state index contributed by atoms with van der Waals surface area (Å²) >= 11 is 1.22. The number of hydrogen-bond acceptors (Lipinski definition) is 5. The van der Waals surface area contributed by atoms with Crippen LogP contribution in [-0.4, -0.2) is 36.0 Å². The number of fused-ring (bicyclic) bond motifs is 1. The summed E-state index contributed by atoms with van der Waals surface area (Å²) in [4.78, 5) is 12.7. The minimum atomic E-state index is -0.309. The summed E-state index contributed by atoms with van der Waals surface area (Å²) in [5.41, 5.74) is 1.08. The number of nitro groups is 1. The Morgan fingerprint density at radius 1 is 1.47 bits per heavy atom. The van der Waals surface area contributed by atoms with Crippen molar-refractivity contribution in [3.8, 4) is 0 Å². The first-order chi connectivity index (χ1) is 8.22. The number of thiophene rings is 1. The van der Waals surface area contributed by atoms with Gasteiger partial charge in [-0.25, -0.2) is 0 Å². The van der Waals surface area contributed by atoms with Crippen molar-refractivity contribution in [3.63, 3.8) is 0 Å². The van der Waals surface area contributed by atoms with Crippen LogP contribution in [0.2, 0.25) is 0 Å². The maximum absolute atomic E-state index is 10.6. The molecule has 6 heteroatoms. The Kier molecular flexibility index (Phi) is 2.85. The van der Waals surface area contributed by atoms with Gasteiger partial charge in [-0.1, -0.05) is 11.3 Å². The van der Waals surface area contributed by atoms with E-state index in [0.29, 0.717) is 0 Å². The lowest BCUT2D eigenvalue weighted by molar-refractivity contribution is -0.380. The number of likely N-dealkylation sites (tertiary alicyclic amines) is 1. The summed E-state index contributed by atoms with van der Waals surface area (Å²) in [5, 5.41) is 16.2. The zero-order chi connectivity index (χ0) is 11.8. The van der Waals surface area contributed by atoms with Crippen molar-refractivity contribution >= 4 is 16.3 Å². The van der Waals surface area contributed by atoms with Crippen LogP contribution in [0.5, 0.6) is 0 Å². The topological polar surface area (TPSA) is 58.4 Å². The average Bonchev–Trinajstić information content (AvgIpc) is 2.91. The van der Waals surface area contributed by atoms with Gasteiger partial charge < -0.3 is 5.32 Å². The molecule has 5 nitrogen and oxygen atoms in total. The maximum atomic E-state index is 10.6. The van der Waals surface area contributed by atoms with Gasteiger partial charge in [-0.3, -0.25) is 15.0 Å². The molecule has 2 saturated heterocycles. The van der Waals surface area contributed by atoms with Crippen LogP contribution >= 0.6 is 11.3 Å². The van der Waals surface area contributed by atoms with Crippen molar-refractivity contribution in [2.24, 2.45) is 11.8 Å². The van der Waals surface area contributed by atoms with Gasteiger partial charge in [0.25, 0.3) is 0 Å². The molecule has 0 aliphatic carbocycles. The predicted octanol–water partition coefficient (Wildman–Crippen LogP) is 1.31. The smallest absolute Gasteiger partial charge is 0.316 e. The molecule has 2 fully saturated rings. The van der Waals surface area contributed by atoms with E-state index in [1.54, 1.807) is 6.07 Å². The van der Waals surface area contributed by atoms with Crippen molar-refractivity contribution in [1.29, 1.82) is 0 Å². The van der Waals surface area contributed by atoms with Crippen LogP contribution in [0.4, 0.5) is 5.00 Å². The Balaban J connectivity index is 1.61. The van der Waals surface area contributed by atoms with E-state index in [2.05, 4.69) is 10.2 Å². The van der Waals surface area contributed by atoms with Crippen molar-refractivity contribution < 1.29 is 4.92 Å². The number of rotatable bonds is 3. The molecule has 3 heterocycles. The van der Waals surface area contributed by atoms with E-state index in [9.17, 15) is 10.1 Å². The fourth-order valence-electron chi connectivity index (χ4n) is 2.88. The summed E-state index contributed by atoms with van der Waals surface area (Å²) in [7, 11) is 0. The zero-order valence-corrected chi connectivity index (χ0v) is 10.3. The number of nitrogens with zero attached hydrogens (tertiary/aromatic N) is 2. The van der Waals surface area contributed by atoms with E-state index < -0.39 is 0 Å². The molecule has 1 aromatic heterocycles. The Hall–Kier alpha value is -0.980. The van der Waals surface area contributed by atoms with Crippen LogP contribution in [0.3, 0.4) is 0 Å². The Morgan fingerprint density at radius 2 is 2.18 bits per heavy atom. The summed E-state index contributed by atoms with van der Waals surface area (Å²) in [6.07, 6.45) is 0. The van der Waals surface area contributed by atoms with Crippen LogP contribution in [0.25, 0.3) is 0 Å². The Morgan fingerprint density at radius 3 is 2.76 bits per heavy atom. The lowest BCUT2D eigenvalue weighted by Gasteiger charge is -2.15. The molecular weight excluding hydrogens is 238 g/mol. The molecule has 0 saturated carbocycles. The second-order valence-electron chi connectivity index (χ2n) is 4.92. The Labute approximate surface area is 104 Å². The van der Waals surface area contributed by atoms with Gasteiger partial charge in [0.2, 0.25) is 0 Å². The highest BCUT2D eigenvalue weighted by Gasteiger charge is 2.35. The van der Waals surface area contributed by atoms with E-state index in [1.165, 1.54) is 11.3 Å². The minimum Gasteiger partial charge on any atom is -0.316 e. The monoisotopic (exact) mass is 253 g/mol. The largest absolute Gasteiger partial charge is 0.324 e. The van der Waals surface area contributed by atoms with Gasteiger partial charge in [-0.05, 0) is 30.5 Å². The molecule has 0 radical (unpaired) electrons. The quantitative estimate of drug-likeness (QED) is 0.652. The van der Waals surface area contributed by atoms with Gasteiger partial charge in [0.15, 0.2) is 0 Å². The molecule has 1 N–H and O–H groups in total. The van der Waals surface area contributed by atoms with E-state index in [1.807, 2.05) is 5.38 Å². The maximum Gasteiger partial charge on any atom is 0.324 e. The molecular formula is C11H15N3O2S. The van der Waals surface area contributed by atoms with Gasteiger partial charge >= 0.3 is 5.00 Å². The molecule has 0 bridgehead atoms. The van der Waals surface area contributed by atoms with Crippen molar-refractivity contribution in [3.05, 3.63) is 27.1 Å². The first kappa shape index (κ1) is 11.1. The highest BCUT2D eigenvalue weighted by molar-refractivity contribution is 7.13. The van der Waals surface area contributed by atoms with Gasteiger partial charge in [0.1, 0.15) is 0 Å². The first-order valence-electron chi connectivity index (χ1n) is 5.87. The van der Waals surface area contributed by atoms with Crippen LogP contribution in [-0.2, 0) is 6.54 Å². The van der Waals surface area contributed by atoms with E-state index >= 15 is 0 Å². The average molecular weight is 253 g/mol. The third-order valence-corrected chi connectivity index (χ3v) is 4.62. The third kappa shape index (κ3) is 2.20. The standard InChI is InChI=1S/C11H15N3O2S/c15-14(16)11-1-8(7-17-11)4-13-5-9-2-12-3-10(9)6-13/h1,7,9-10,12H,2-6H2. The van der Waals surface area contributed by atoms with E-state index in [4.69, 9.17) is 0 Å². The summed E-state index contributed by atoms with van der Waals surface area (Å²) < 4.78 is 0. The van der Waals surface area contributed by atoms with Gasteiger partial charge in [0, 0.05) is 31.1 Å². The van der Waals surface area contributed by atoms with Gasteiger partial charge in [-0.2, -0.15) is 0 Å². The molecule has 17 heavy (non-hydrogen) atoms. The molecule has 3 rings (SSSR count). The summed E-state index contributed by atoms with van der Waals surface area (Å²) in [5.74, 6) is 1.56. The van der Waals surface area contributed by atoms with Crippen LogP contribution in [0.15, 0.2) is 11.4 Å². The predicted molar refractivity (Wildman–Crippen MR) is 66.1 cm³/mol. The van der Waals surface area contributed by atoms with Crippen molar-refractivity contribution in [2.45, 2.75) is 6.54 Å². The van der Waals surface area contributed by atoms with Gasteiger partial charge in [-0.15, -0.1) is 0 Å². The fourth-order valence-corrected chi connectivity index (χ4v) is 3.60. The molecule has 0 amide bonds. The lowest BCUT2D eigenvalue weighted by Crippen LogP contribution is -2.25. The molecule has 2 aliphatic rings. The molecule has 2 atom stereocenters. The van der Waals surface area contributed by atoms with Gasteiger partial charge in [0.05, 0.1) is 4.92 Å². The second-order valence-corrected chi connectivity index (χ2v) is 5.81. The zero-order valence-electron chi connectivity index (χ0n) is 9.46. The fraction of sp³-hybridized carbons (Fsp3) is 0.636. The van der Waals surface area contributed by atoms with Crippen LogP contribution in [0.1, 0.15) is 5.56 Å². The van der Waals surface area contributed by atoms with E-state index in [0.717, 1.165) is 50.1 Å². The molecule has 2 unspecified atom stereocenters. The van der Waals surface area contributed by atoms with Crippen molar-refractivity contribution in [2.75, 3.05) is 26.2 Å². The third-order valence-electron chi connectivity index (χ3n) is 3.69. The summed E-state index contributed by atoms with van der Waals surface area (Å²) in [6, 6.07) is 1.71. The second kappa shape index (κ2) is 4.36. The Bertz CT molecular complexity index is 422. The van der Waals surface area contributed by atoms with Crippen LogP contribution < -0.4 is 5.32 Å². The normalized spacial score (nSPS) is 28.5.